The number of halogens is 2. The molecule has 0 unspecified atom stereocenters. The molecule has 1 aromatic heterocycles. The quantitative estimate of drug-likeness (QED) is 0.353. The Hall–Kier alpha value is -3.09. The fraction of sp³-hybridized carbons (Fsp3) is 0.136. The molecule has 8 heteroatoms. The van der Waals surface area contributed by atoms with Gasteiger partial charge in [0.05, 0.1) is 16.9 Å². The van der Waals surface area contributed by atoms with Gasteiger partial charge in [-0.15, -0.1) is 0 Å². The zero-order valence-electron chi connectivity index (χ0n) is 16.4. The third kappa shape index (κ3) is 5.09. The number of carbonyl (C=O) groups excluding carboxylic acids is 2. The second kappa shape index (κ2) is 9.61. The van der Waals surface area contributed by atoms with Gasteiger partial charge in [-0.1, -0.05) is 53.5 Å². The second-order valence-corrected chi connectivity index (χ2v) is 7.47. The Kier molecular flexibility index (Phi) is 6.92. The molecule has 6 nitrogen and oxygen atoms in total. The van der Waals surface area contributed by atoms with Crippen LogP contribution in [0.5, 0.6) is 0 Å². The van der Waals surface area contributed by atoms with Crippen molar-refractivity contribution in [3.05, 3.63) is 87.2 Å². The highest BCUT2D eigenvalue weighted by atomic mass is 35.5. The molecule has 0 aliphatic heterocycles. The molecule has 0 atom stereocenters. The van der Waals surface area contributed by atoms with Gasteiger partial charge in [-0.05, 0) is 43.7 Å². The van der Waals surface area contributed by atoms with E-state index in [1.807, 2.05) is 54.8 Å². The van der Waals surface area contributed by atoms with E-state index in [9.17, 15) is 9.59 Å². The van der Waals surface area contributed by atoms with Gasteiger partial charge in [0.1, 0.15) is 0 Å². The Morgan fingerprint density at radius 2 is 1.77 bits per heavy atom. The molecule has 30 heavy (non-hydrogen) atoms. The highest BCUT2D eigenvalue weighted by Gasteiger charge is 2.14. The van der Waals surface area contributed by atoms with Crippen LogP contribution in [0, 0.1) is 13.8 Å². The Balaban J connectivity index is 1.66. The minimum atomic E-state index is -0.839. The van der Waals surface area contributed by atoms with Crippen LogP contribution in [-0.2, 0) is 16.1 Å². The highest BCUT2D eigenvalue weighted by Crippen LogP contribution is 2.28. The predicted molar refractivity (Wildman–Crippen MR) is 119 cm³/mol. The average Bonchev–Trinajstić information content (AvgIpc) is 3.01. The number of hydrazone groups is 1. The molecule has 1 heterocycles. The molecule has 0 saturated heterocycles. The van der Waals surface area contributed by atoms with Crippen molar-refractivity contribution < 1.29 is 9.59 Å². The van der Waals surface area contributed by atoms with Crippen molar-refractivity contribution in [3.63, 3.8) is 0 Å². The summed E-state index contributed by atoms with van der Waals surface area (Å²) in [5, 5.41) is 7.60. The first-order valence-electron chi connectivity index (χ1n) is 9.16. The smallest absolute Gasteiger partial charge is 0.329 e. The molecule has 2 amide bonds. The Morgan fingerprint density at radius 1 is 1.03 bits per heavy atom. The van der Waals surface area contributed by atoms with Gasteiger partial charge >= 0.3 is 11.8 Å². The zero-order valence-corrected chi connectivity index (χ0v) is 18.0. The topological polar surface area (TPSA) is 75.5 Å². The van der Waals surface area contributed by atoms with Crippen LogP contribution in [0.3, 0.4) is 0 Å². The molecule has 0 fully saturated rings. The summed E-state index contributed by atoms with van der Waals surface area (Å²) in [4.78, 5) is 23.9. The summed E-state index contributed by atoms with van der Waals surface area (Å²) in [6.07, 6.45) is 1.49. The number of hydrogen-bond donors (Lipinski definition) is 2. The number of benzene rings is 2. The van der Waals surface area contributed by atoms with Crippen molar-refractivity contribution in [1.29, 1.82) is 0 Å². The van der Waals surface area contributed by atoms with Crippen LogP contribution in [0.25, 0.3) is 5.69 Å². The standard InChI is InChI=1S/C22H20Cl2N4O2/c1-14-10-17(15(2)28(14)20-11-18(23)8-9-19(20)24)13-26-27-22(30)21(29)25-12-16-6-4-3-5-7-16/h3-11,13H,12H2,1-2H3,(H,25,29)(H,27,30)/b26-13-. The van der Waals surface area contributed by atoms with Gasteiger partial charge in [0.15, 0.2) is 0 Å². The van der Waals surface area contributed by atoms with Crippen molar-refractivity contribution in [2.24, 2.45) is 5.10 Å². The van der Waals surface area contributed by atoms with Gasteiger partial charge in [-0.3, -0.25) is 9.59 Å². The summed E-state index contributed by atoms with van der Waals surface area (Å²) in [6, 6.07) is 16.5. The largest absolute Gasteiger partial charge is 0.344 e. The lowest BCUT2D eigenvalue weighted by atomic mass is 10.2. The number of rotatable bonds is 5. The van der Waals surface area contributed by atoms with Crippen LogP contribution in [0.2, 0.25) is 10.0 Å². The van der Waals surface area contributed by atoms with Crippen molar-refractivity contribution in [1.82, 2.24) is 15.3 Å². The molecule has 0 radical (unpaired) electrons. The molecule has 2 N–H and O–H groups in total. The number of nitrogens with zero attached hydrogens (tertiary/aromatic N) is 2. The number of carbonyl (C=O) groups is 2. The summed E-state index contributed by atoms with van der Waals surface area (Å²) in [7, 11) is 0. The molecular formula is C22H20Cl2N4O2. The van der Waals surface area contributed by atoms with Crippen LogP contribution in [0.15, 0.2) is 59.7 Å². The van der Waals surface area contributed by atoms with Crippen LogP contribution in [0.4, 0.5) is 0 Å². The van der Waals surface area contributed by atoms with Crippen LogP contribution < -0.4 is 10.7 Å². The lowest BCUT2D eigenvalue weighted by Gasteiger charge is -2.12. The number of hydrogen-bond acceptors (Lipinski definition) is 3. The van der Waals surface area contributed by atoms with Gasteiger partial charge < -0.3 is 9.88 Å². The summed E-state index contributed by atoms with van der Waals surface area (Å²) >= 11 is 12.4. The fourth-order valence-corrected chi connectivity index (χ4v) is 3.38. The molecule has 0 aliphatic carbocycles. The summed E-state index contributed by atoms with van der Waals surface area (Å²) in [5.74, 6) is -1.60. The summed E-state index contributed by atoms with van der Waals surface area (Å²) in [6.45, 7) is 4.09. The minimum Gasteiger partial charge on any atom is -0.344 e. The molecule has 3 aromatic rings. The molecule has 2 aromatic carbocycles. The minimum absolute atomic E-state index is 0.262. The lowest BCUT2D eigenvalue weighted by Crippen LogP contribution is -2.37. The van der Waals surface area contributed by atoms with E-state index in [2.05, 4.69) is 15.8 Å². The van der Waals surface area contributed by atoms with E-state index in [1.54, 1.807) is 18.2 Å². The normalized spacial score (nSPS) is 10.9. The number of amides is 2. The Labute approximate surface area is 184 Å². The van der Waals surface area contributed by atoms with Crippen LogP contribution in [-0.4, -0.2) is 22.6 Å². The molecule has 0 spiro atoms. The summed E-state index contributed by atoms with van der Waals surface area (Å²) in [5.41, 5.74) is 6.45. The first-order valence-corrected chi connectivity index (χ1v) is 9.92. The van der Waals surface area contributed by atoms with E-state index in [0.717, 1.165) is 28.2 Å². The van der Waals surface area contributed by atoms with Crippen LogP contribution >= 0.6 is 23.2 Å². The molecule has 0 aliphatic rings. The molecule has 154 valence electrons. The highest BCUT2D eigenvalue weighted by molar-refractivity contribution is 6.35. The maximum Gasteiger partial charge on any atom is 0.329 e. The fourth-order valence-electron chi connectivity index (χ4n) is 3.02. The Bertz CT molecular complexity index is 1110. The first kappa shape index (κ1) is 21.6. The van der Waals surface area contributed by atoms with E-state index in [4.69, 9.17) is 23.2 Å². The van der Waals surface area contributed by atoms with Crippen molar-refractivity contribution in [2.45, 2.75) is 20.4 Å². The maximum absolute atomic E-state index is 11.9. The maximum atomic E-state index is 11.9. The van der Waals surface area contributed by atoms with Gasteiger partial charge in [-0.25, -0.2) is 5.43 Å². The third-order valence-corrected chi connectivity index (χ3v) is 5.05. The van der Waals surface area contributed by atoms with Crippen molar-refractivity contribution >= 4 is 41.2 Å². The Morgan fingerprint density at radius 3 is 2.50 bits per heavy atom. The van der Waals surface area contributed by atoms with Crippen molar-refractivity contribution in [3.8, 4) is 5.69 Å². The number of aryl methyl sites for hydroxylation is 1. The third-order valence-electron chi connectivity index (χ3n) is 4.49. The molecule has 3 rings (SSSR count). The number of aromatic nitrogens is 1. The van der Waals surface area contributed by atoms with E-state index in [-0.39, 0.29) is 6.54 Å². The van der Waals surface area contributed by atoms with E-state index in [0.29, 0.717) is 10.0 Å². The zero-order chi connectivity index (χ0) is 21.7. The van der Waals surface area contributed by atoms with Gasteiger partial charge in [0.25, 0.3) is 0 Å². The monoisotopic (exact) mass is 442 g/mol. The van der Waals surface area contributed by atoms with E-state index in [1.165, 1.54) is 6.21 Å². The second-order valence-electron chi connectivity index (χ2n) is 6.63. The van der Waals surface area contributed by atoms with Gasteiger partial charge in [0, 0.05) is 28.5 Å². The van der Waals surface area contributed by atoms with E-state index < -0.39 is 11.8 Å². The SMILES string of the molecule is Cc1cc(/C=N\NC(=O)C(=O)NCc2ccccc2)c(C)n1-c1cc(Cl)ccc1Cl. The molecule has 0 saturated carbocycles. The van der Waals surface area contributed by atoms with Crippen LogP contribution in [0.1, 0.15) is 22.5 Å². The number of nitrogens with one attached hydrogen (secondary N) is 2. The van der Waals surface area contributed by atoms with Gasteiger partial charge in [0.2, 0.25) is 0 Å². The molecule has 0 bridgehead atoms. The van der Waals surface area contributed by atoms with E-state index >= 15 is 0 Å². The first-order chi connectivity index (χ1) is 14.4. The molecular weight excluding hydrogens is 423 g/mol. The average molecular weight is 443 g/mol. The van der Waals surface area contributed by atoms with Gasteiger partial charge in [-0.2, -0.15) is 5.10 Å². The lowest BCUT2D eigenvalue weighted by molar-refractivity contribution is -0.139. The summed E-state index contributed by atoms with van der Waals surface area (Å²) < 4.78 is 1.95. The predicted octanol–water partition coefficient (Wildman–Crippen LogP) is 4.17. The van der Waals surface area contributed by atoms with Crippen molar-refractivity contribution in [2.75, 3.05) is 0 Å².